The fourth-order valence-corrected chi connectivity index (χ4v) is 17.0. The highest BCUT2D eigenvalue weighted by Gasteiger charge is 2.28. The Kier molecular flexibility index (Phi) is 14.5. The maximum atomic E-state index is 4.88. The lowest BCUT2D eigenvalue weighted by Crippen LogP contribution is -2.03. The number of benzene rings is 2. The van der Waals surface area contributed by atoms with Crippen LogP contribution in [0.1, 0.15) is 108 Å². The Morgan fingerprint density at radius 2 is 1.05 bits per heavy atom. The van der Waals surface area contributed by atoms with Crippen LogP contribution in [0.25, 0.3) is 73.6 Å². The largest absolute Gasteiger partial charge is 0.172 e. The lowest BCUT2D eigenvalue weighted by atomic mass is 9.91. The van der Waals surface area contributed by atoms with E-state index < -0.39 is 0 Å². The van der Waals surface area contributed by atoms with E-state index in [1.165, 1.54) is 134 Å². The first kappa shape index (κ1) is 44.1. The van der Waals surface area contributed by atoms with Crippen molar-refractivity contribution in [3.05, 3.63) is 90.3 Å². The molecule has 3 unspecified atom stereocenters. The maximum Gasteiger partial charge on any atom is 0.114 e. The molecule has 9 rings (SSSR count). The predicted octanol–water partition coefficient (Wildman–Crippen LogP) is 19.2. The Morgan fingerprint density at radius 1 is 0.574 bits per heavy atom. The van der Waals surface area contributed by atoms with Gasteiger partial charge in [0.1, 0.15) is 22.1 Å². The van der Waals surface area contributed by atoms with Crippen LogP contribution < -0.4 is 0 Å². The second kappa shape index (κ2) is 20.0. The molecule has 2 aromatic carbocycles. The quantitative estimate of drug-likeness (QED) is 0.0857. The van der Waals surface area contributed by atoms with Gasteiger partial charge in [0.25, 0.3) is 0 Å². The number of hydrogen-bond acceptors (Lipinski definition) is 11. The van der Waals surface area contributed by atoms with Crippen LogP contribution in [0.5, 0.6) is 0 Å². The number of nitrogens with zero attached hydrogens (tertiary/aromatic N) is 4. The first-order valence-corrected chi connectivity index (χ1v) is 28.7. The number of rotatable bonds is 18. The summed E-state index contributed by atoms with van der Waals surface area (Å²) in [5.41, 5.74) is 11.5. The summed E-state index contributed by atoms with van der Waals surface area (Å²) >= 11 is 19.8. The third kappa shape index (κ3) is 9.39. The molecular weight excluding hydrogens is 1020 g/mol. The van der Waals surface area contributed by atoms with Crippen molar-refractivity contribution in [3.63, 3.8) is 0 Å². The Labute approximate surface area is 405 Å². The average Bonchev–Trinajstić information content (AvgIpc) is 4.13. The first-order valence-electron chi connectivity index (χ1n) is 21.5. The Morgan fingerprint density at radius 3 is 1.57 bits per heavy atom. The van der Waals surface area contributed by atoms with Crippen molar-refractivity contribution in [2.45, 2.75) is 104 Å². The van der Waals surface area contributed by atoms with Gasteiger partial charge in [-0.05, 0) is 117 Å². The molecule has 7 heterocycles. The molecule has 0 saturated heterocycles. The molecule has 0 spiro atoms. The lowest BCUT2D eigenvalue weighted by molar-refractivity contribution is 0.443. The number of unbranched alkanes of at least 4 members (excludes halogenated alkanes) is 2. The molecule has 61 heavy (non-hydrogen) atoms. The molecule has 4 nitrogen and oxygen atoms in total. The van der Waals surface area contributed by atoms with Crippen molar-refractivity contribution >= 4 is 134 Å². The van der Waals surface area contributed by atoms with Crippen molar-refractivity contribution in [2.75, 3.05) is 0 Å². The zero-order valence-electron chi connectivity index (χ0n) is 34.8. The van der Waals surface area contributed by atoms with E-state index in [0.717, 1.165) is 63.4 Å². The topological polar surface area (TPSA) is 51.6 Å². The number of allylic oxidation sites excluding steroid dienone is 1. The van der Waals surface area contributed by atoms with Crippen LogP contribution in [-0.2, 0) is 6.42 Å². The number of halogens is 2. The molecule has 13 heteroatoms. The van der Waals surface area contributed by atoms with Crippen LogP contribution in [0.2, 0.25) is 0 Å². The summed E-state index contributed by atoms with van der Waals surface area (Å²) in [6.45, 7) is 9.28. The molecule has 0 N–H and O–H groups in total. The fraction of sp³-hybridized carbons (Fsp3) is 0.375. The Hall–Kier alpha value is -2.07. The minimum Gasteiger partial charge on any atom is -0.172 e. The zero-order valence-corrected chi connectivity index (χ0v) is 43.7. The van der Waals surface area contributed by atoms with E-state index in [2.05, 4.69) is 126 Å². The highest BCUT2D eigenvalue weighted by molar-refractivity contribution is 9.14. The van der Waals surface area contributed by atoms with Gasteiger partial charge in [-0.2, -0.15) is 17.5 Å². The van der Waals surface area contributed by atoms with E-state index in [1.54, 1.807) is 16.9 Å². The molecule has 0 bridgehead atoms. The maximum absolute atomic E-state index is 4.88. The summed E-state index contributed by atoms with van der Waals surface area (Å²) in [7, 11) is 0. The minimum absolute atomic E-state index is 0.469. The van der Waals surface area contributed by atoms with E-state index in [9.17, 15) is 0 Å². The van der Waals surface area contributed by atoms with Crippen molar-refractivity contribution in [1.82, 2.24) is 17.5 Å². The molecule has 0 aliphatic carbocycles. The first-order chi connectivity index (χ1) is 29.8. The summed E-state index contributed by atoms with van der Waals surface area (Å²) in [6.07, 6.45) is 13.8. The molecule has 6 aromatic heterocycles. The van der Waals surface area contributed by atoms with Crippen LogP contribution in [-0.4, -0.2) is 17.5 Å². The summed E-state index contributed by atoms with van der Waals surface area (Å²) in [5.74, 6) is 1.51. The third-order valence-corrected chi connectivity index (χ3v) is 21.0. The summed E-state index contributed by atoms with van der Waals surface area (Å²) in [6, 6.07) is 25.0. The average molecular weight is 1070 g/mol. The molecule has 3 atom stereocenters. The van der Waals surface area contributed by atoms with Crippen LogP contribution in [0.4, 0.5) is 0 Å². The van der Waals surface area contributed by atoms with E-state index in [1.807, 2.05) is 45.8 Å². The molecule has 0 saturated carbocycles. The molecule has 1 aliphatic heterocycles. The Balaban J connectivity index is 0.939. The van der Waals surface area contributed by atoms with Crippen molar-refractivity contribution in [3.8, 4) is 51.5 Å². The van der Waals surface area contributed by atoms with Gasteiger partial charge in [-0.15, -0.1) is 57.1 Å². The molecule has 8 aromatic rings. The van der Waals surface area contributed by atoms with Gasteiger partial charge in [0.2, 0.25) is 0 Å². The lowest BCUT2D eigenvalue weighted by Gasteiger charge is -2.15. The molecule has 0 fully saturated rings. The van der Waals surface area contributed by atoms with Gasteiger partial charge in [0, 0.05) is 61.6 Å². The molecule has 1 aliphatic rings. The van der Waals surface area contributed by atoms with E-state index in [0.29, 0.717) is 5.25 Å². The third-order valence-electron chi connectivity index (χ3n) is 12.1. The standard InChI is InChI=1S/C48H48Br2N4S7/c1-5-9-11-27(7-3)23-29-26-42(49)59-47(29)40-22-20-38(57-40)34-16-14-32(44-46(34)54-61-52-44)36-18-17-35(55-36)31-13-15-33(45-43(31)51-60-53-45)37-19-21-39(56-37)41-25-30(48(50)58-41)24-28(8-4)12-10-6-2/h13-22,26-28,41H,5-12,23-25H2,1-4H3. The normalized spacial score (nSPS) is 15.5. The van der Waals surface area contributed by atoms with Crippen molar-refractivity contribution in [1.29, 1.82) is 0 Å². The highest BCUT2D eigenvalue weighted by atomic mass is 79.9. The van der Waals surface area contributed by atoms with E-state index >= 15 is 0 Å². The minimum atomic E-state index is 0.469. The van der Waals surface area contributed by atoms with Gasteiger partial charge in [-0.3, -0.25) is 0 Å². The summed E-state index contributed by atoms with van der Waals surface area (Å²) < 4.78 is 22.1. The van der Waals surface area contributed by atoms with Gasteiger partial charge >= 0.3 is 0 Å². The van der Waals surface area contributed by atoms with Crippen molar-refractivity contribution in [2.24, 2.45) is 11.8 Å². The number of thiophene rings is 4. The molecule has 0 amide bonds. The SMILES string of the molecule is CCCCC(CC)CC1=C(Br)SC(c2ccc(-c3ccc(-c4ccc(-c5ccc(-c6ccc(-c7sc(Br)cc7CC(CC)CCCC)s6)c6nsnc56)s4)c4nsnc34)s2)C1. The monoisotopic (exact) mass is 1060 g/mol. The van der Waals surface area contributed by atoms with Crippen LogP contribution in [0.3, 0.4) is 0 Å². The van der Waals surface area contributed by atoms with E-state index in [4.69, 9.17) is 17.5 Å². The molecule has 316 valence electrons. The van der Waals surface area contributed by atoms with Gasteiger partial charge in [0.05, 0.1) is 31.1 Å². The second-order valence-corrected chi connectivity index (χ2v) is 25.4. The van der Waals surface area contributed by atoms with Gasteiger partial charge in [-0.25, -0.2) is 0 Å². The number of fused-ring (bicyclic) bond motifs is 2. The van der Waals surface area contributed by atoms with Gasteiger partial charge < -0.3 is 0 Å². The number of aromatic nitrogens is 4. The fourth-order valence-electron chi connectivity index (χ4n) is 8.61. The van der Waals surface area contributed by atoms with E-state index in [-0.39, 0.29) is 0 Å². The highest BCUT2D eigenvalue weighted by Crippen LogP contribution is 2.54. The molecule has 0 radical (unpaired) electrons. The van der Waals surface area contributed by atoms with Crippen LogP contribution in [0.15, 0.2) is 79.9 Å². The van der Waals surface area contributed by atoms with Crippen LogP contribution in [0, 0.1) is 11.8 Å². The van der Waals surface area contributed by atoms with Crippen LogP contribution >= 0.6 is 112 Å². The molecular formula is C48H48Br2N4S7. The number of thioether (sulfide) groups is 1. The zero-order chi connectivity index (χ0) is 42.0. The second-order valence-electron chi connectivity index (χ2n) is 16.1. The Bertz CT molecular complexity index is 2800. The smallest absolute Gasteiger partial charge is 0.114 e. The summed E-state index contributed by atoms with van der Waals surface area (Å²) in [5, 5.41) is 0.469. The predicted molar refractivity (Wildman–Crippen MR) is 281 cm³/mol. The number of hydrogen-bond donors (Lipinski definition) is 0. The van der Waals surface area contributed by atoms with Gasteiger partial charge in [-0.1, -0.05) is 103 Å². The van der Waals surface area contributed by atoms with Gasteiger partial charge in [0.15, 0.2) is 0 Å². The van der Waals surface area contributed by atoms with Crippen molar-refractivity contribution < 1.29 is 0 Å². The summed E-state index contributed by atoms with van der Waals surface area (Å²) in [4.78, 5) is 9.02.